The zero-order valence-electron chi connectivity index (χ0n) is 19.6. The number of hydrogen-bond acceptors (Lipinski definition) is 6. The van der Waals surface area contributed by atoms with Gasteiger partial charge in [-0.15, -0.1) is 0 Å². The van der Waals surface area contributed by atoms with Gasteiger partial charge in [0.1, 0.15) is 11.3 Å². The molecular formula is C24H33N3O5. The number of hydrogen-bond donors (Lipinski definition) is 1. The third-order valence-corrected chi connectivity index (χ3v) is 5.69. The number of amides is 2. The molecule has 2 heterocycles. The van der Waals surface area contributed by atoms with Crippen LogP contribution in [-0.4, -0.2) is 67.0 Å². The lowest BCUT2D eigenvalue weighted by Gasteiger charge is -2.35. The number of nitrogens with one attached hydrogen (secondary N) is 1. The number of fused-ring (bicyclic) bond motifs is 1. The molecule has 1 fully saturated rings. The second-order valence-corrected chi connectivity index (χ2v) is 9.31. The van der Waals surface area contributed by atoms with Crippen molar-refractivity contribution in [2.45, 2.75) is 46.1 Å². The largest absolute Gasteiger partial charge is 0.497 e. The predicted octanol–water partition coefficient (Wildman–Crippen LogP) is 2.10. The van der Waals surface area contributed by atoms with Crippen LogP contribution in [0.25, 0.3) is 11.0 Å². The average molecular weight is 444 g/mol. The predicted molar refractivity (Wildman–Crippen MR) is 123 cm³/mol. The van der Waals surface area contributed by atoms with Gasteiger partial charge in [-0.3, -0.25) is 14.5 Å². The third kappa shape index (κ3) is 5.88. The summed E-state index contributed by atoms with van der Waals surface area (Å²) in [5, 5.41) is 3.80. The van der Waals surface area contributed by atoms with E-state index in [2.05, 4.69) is 10.2 Å². The van der Waals surface area contributed by atoms with Crippen LogP contribution in [0.2, 0.25) is 0 Å². The van der Waals surface area contributed by atoms with Gasteiger partial charge in [0, 0.05) is 55.2 Å². The van der Waals surface area contributed by atoms with Crippen molar-refractivity contribution in [1.82, 2.24) is 15.1 Å². The number of carbonyl (C=O) groups is 2. The molecule has 2 amide bonds. The lowest BCUT2D eigenvalue weighted by atomic mass is 10.0. The van der Waals surface area contributed by atoms with Gasteiger partial charge < -0.3 is 19.4 Å². The highest BCUT2D eigenvalue weighted by Crippen LogP contribution is 2.24. The number of benzene rings is 1. The zero-order chi connectivity index (χ0) is 23.5. The van der Waals surface area contributed by atoms with Crippen LogP contribution in [0.1, 0.15) is 38.3 Å². The van der Waals surface area contributed by atoms with E-state index in [9.17, 15) is 14.4 Å². The van der Waals surface area contributed by atoms with Gasteiger partial charge in [-0.2, -0.15) is 0 Å². The second kappa shape index (κ2) is 9.73. The number of aryl methyl sites for hydroxylation is 1. The molecule has 0 radical (unpaired) electrons. The van der Waals surface area contributed by atoms with Crippen molar-refractivity contribution in [3.63, 3.8) is 0 Å². The van der Waals surface area contributed by atoms with Crippen molar-refractivity contribution in [3.8, 4) is 5.75 Å². The minimum Gasteiger partial charge on any atom is -0.497 e. The maximum atomic E-state index is 12.7. The summed E-state index contributed by atoms with van der Waals surface area (Å²) >= 11 is 0. The van der Waals surface area contributed by atoms with Crippen molar-refractivity contribution in [2.24, 2.45) is 0 Å². The standard InChI is InChI=1S/C24H33N3O5/c1-16-18-7-6-17(31-5)14-20(18)32-23(30)19(16)8-9-22(29)27-12-10-26(11-13-27)15-21(28)25-24(2,3)4/h6-7,14H,8-13,15H2,1-5H3,(H,25,28). The van der Waals surface area contributed by atoms with Gasteiger partial charge in [-0.05, 0) is 51.8 Å². The molecule has 0 aliphatic carbocycles. The first kappa shape index (κ1) is 23.8. The monoisotopic (exact) mass is 443 g/mol. The van der Waals surface area contributed by atoms with Crippen LogP contribution in [0.5, 0.6) is 5.75 Å². The summed E-state index contributed by atoms with van der Waals surface area (Å²) in [6.45, 7) is 10.5. The number of methoxy groups -OCH3 is 1. The van der Waals surface area contributed by atoms with E-state index in [0.717, 1.165) is 10.9 Å². The topological polar surface area (TPSA) is 92.1 Å². The molecule has 1 aliphatic heterocycles. The molecule has 0 unspecified atom stereocenters. The first-order valence-corrected chi connectivity index (χ1v) is 11.0. The number of carbonyl (C=O) groups excluding carboxylic acids is 2. The van der Waals surface area contributed by atoms with Crippen molar-refractivity contribution >= 4 is 22.8 Å². The maximum absolute atomic E-state index is 12.7. The molecule has 32 heavy (non-hydrogen) atoms. The molecule has 0 atom stereocenters. The molecule has 3 rings (SSSR count). The van der Waals surface area contributed by atoms with Crippen LogP contribution in [0.4, 0.5) is 0 Å². The molecule has 1 aromatic carbocycles. The third-order valence-electron chi connectivity index (χ3n) is 5.69. The molecule has 1 aliphatic rings. The first-order chi connectivity index (χ1) is 15.1. The Hall–Kier alpha value is -2.87. The van der Waals surface area contributed by atoms with Gasteiger partial charge in [0.25, 0.3) is 0 Å². The Morgan fingerprint density at radius 1 is 1.16 bits per heavy atom. The van der Waals surface area contributed by atoms with E-state index in [1.165, 1.54) is 0 Å². The minimum absolute atomic E-state index is 0.00611. The summed E-state index contributed by atoms with van der Waals surface area (Å²) in [7, 11) is 1.56. The quantitative estimate of drug-likeness (QED) is 0.688. The number of nitrogens with zero attached hydrogens (tertiary/aromatic N) is 2. The van der Waals surface area contributed by atoms with E-state index in [1.54, 1.807) is 18.1 Å². The van der Waals surface area contributed by atoms with E-state index in [-0.39, 0.29) is 23.8 Å². The fraction of sp³-hybridized carbons (Fsp3) is 0.542. The van der Waals surface area contributed by atoms with Gasteiger partial charge >= 0.3 is 5.63 Å². The van der Waals surface area contributed by atoms with Crippen molar-refractivity contribution < 1.29 is 18.7 Å². The molecule has 0 saturated carbocycles. The second-order valence-electron chi connectivity index (χ2n) is 9.31. The Labute approximate surface area is 188 Å². The summed E-state index contributed by atoms with van der Waals surface area (Å²) in [5.74, 6) is 0.629. The summed E-state index contributed by atoms with van der Waals surface area (Å²) in [6.07, 6.45) is 0.584. The number of ether oxygens (including phenoxy) is 1. The van der Waals surface area contributed by atoms with E-state index in [4.69, 9.17) is 9.15 Å². The summed E-state index contributed by atoms with van der Waals surface area (Å²) in [4.78, 5) is 41.2. The van der Waals surface area contributed by atoms with Crippen LogP contribution in [0.3, 0.4) is 0 Å². The number of rotatable bonds is 6. The smallest absolute Gasteiger partial charge is 0.339 e. The summed E-state index contributed by atoms with van der Waals surface area (Å²) in [6, 6.07) is 5.39. The van der Waals surface area contributed by atoms with Crippen molar-refractivity contribution in [1.29, 1.82) is 0 Å². The van der Waals surface area contributed by atoms with Crippen LogP contribution < -0.4 is 15.7 Å². The molecule has 1 N–H and O–H groups in total. The highest BCUT2D eigenvalue weighted by atomic mass is 16.5. The van der Waals surface area contributed by atoms with Gasteiger partial charge in [-0.1, -0.05) is 0 Å². The molecule has 2 aromatic rings. The summed E-state index contributed by atoms with van der Waals surface area (Å²) < 4.78 is 10.7. The maximum Gasteiger partial charge on any atom is 0.339 e. The van der Waals surface area contributed by atoms with Gasteiger partial charge in [-0.25, -0.2) is 4.79 Å². The van der Waals surface area contributed by atoms with E-state index in [1.807, 2.05) is 39.8 Å². The molecule has 0 bridgehead atoms. The molecule has 8 nitrogen and oxygen atoms in total. The molecule has 1 aromatic heterocycles. The Morgan fingerprint density at radius 3 is 2.47 bits per heavy atom. The minimum atomic E-state index is -0.411. The fourth-order valence-electron chi connectivity index (χ4n) is 4.00. The lowest BCUT2D eigenvalue weighted by molar-refractivity contribution is -0.133. The Balaban J connectivity index is 1.56. The van der Waals surface area contributed by atoms with Gasteiger partial charge in [0.15, 0.2) is 0 Å². The molecule has 8 heteroatoms. The molecule has 174 valence electrons. The molecule has 0 spiro atoms. The Bertz CT molecular complexity index is 1050. The molecular weight excluding hydrogens is 410 g/mol. The Morgan fingerprint density at radius 2 is 1.84 bits per heavy atom. The molecule has 1 saturated heterocycles. The lowest BCUT2D eigenvalue weighted by Crippen LogP contribution is -2.52. The summed E-state index contributed by atoms with van der Waals surface area (Å²) in [5.41, 5.74) is 1.18. The van der Waals surface area contributed by atoms with Crippen LogP contribution >= 0.6 is 0 Å². The highest BCUT2D eigenvalue weighted by Gasteiger charge is 2.24. The van der Waals surface area contributed by atoms with E-state index < -0.39 is 5.63 Å². The zero-order valence-corrected chi connectivity index (χ0v) is 19.6. The van der Waals surface area contributed by atoms with Crippen LogP contribution in [0.15, 0.2) is 27.4 Å². The van der Waals surface area contributed by atoms with Crippen molar-refractivity contribution in [2.75, 3.05) is 39.8 Å². The van der Waals surface area contributed by atoms with E-state index in [0.29, 0.717) is 56.0 Å². The normalized spacial score (nSPS) is 15.1. The van der Waals surface area contributed by atoms with Gasteiger partial charge in [0.05, 0.1) is 13.7 Å². The van der Waals surface area contributed by atoms with Gasteiger partial charge in [0.2, 0.25) is 11.8 Å². The fourth-order valence-corrected chi connectivity index (χ4v) is 4.00. The highest BCUT2D eigenvalue weighted by molar-refractivity contribution is 5.83. The SMILES string of the molecule is COc1ccc2c(C)c(CCC(=O)N3CCN(CC(=O)NC(C)(C)C)CC3)c(=O)oc2c1. The van der Waals surface area contributed by atoms with E-state index >= 15 is 0 Å². The van der Waals surface area contributed by atoms with Crippen molar-refractivity contribution in [3.05, 3.63) is 39.7 Å². The average Bonchev–Trinajstić information content (AvgIpc) is 2.72. The number of piperazine rings is 1. The first-order valence-electron chi connectivity index (χ1n) is 11.0. The Kier molecular flexibility index (Phi) is 7.23. The van der Waals surface area contributed by atoms with Crippen LogP contribution in [-0.2, 0) is 16.0 Å². The van der Waals surface area contributed by atoms with Crippen LogP contribution in [0, 0.1) is 6.92 Å².